The van der Waals surface area contributed by atoms with Crippen molar-refractivity contribution >= 4 is 0 Å². The van der Waals surface area contributed by atoms with E-state index in [1.54, 1.807) is 12.1 Å². The van der Waals surface area contributed by atoms with Gasteiger partial charge in [-0.3, -0.25) is 4.98 Å². The molecule has 1 heterocycles. The van der Waals surface area contributed by atoms with E-state index in [-0.39, 0.29) is 0 Å². The van der Waals surface area contributed by atoms with Crippen LogP contribution in [-0.4, -0.2) is 18.0 Å². The first kappa shape index (κ1) is 11.0. The molecule has 0 fully saturated rings. The fraction of sp³-hybridized carbons (Fsp3) is 0.500. The number of nitrogens with one attached hydrogen (secondary N) is 1. The van der Waals surface area contributed by atoms with Gasteiger partial charge in [-0.25, -0.2) is 8.78 Å². The highest BCUT2D eigenvalue weighted by Crippen LogP contribution is 2.27. The Morgan fingerprint density at radius 3 is 2.43 bits per heavy atom. The minimum atomic E-state index is -2.44. The maximum absolute atomic E-state index is 12.9. The minimum Gasteiger partial charge on any atom is -0.303 e. The van der Waals surface area contributed by atoms with Crippen molar-refractivity contribution in [3.05, 3.63) is 30.1 Å². The molecule has 0 bridgehead atoms. The van der Waals surface area contributed by atoms with Crippen molar-refractivity contribution in [1.29, 1.82) is 0 Å². The molecule has 14 heavy (non-hydrogen) atoms. The standard InChI is InChI=1S/C10H14F2N2/c1-3-14-10(2,9(11)12)8-4-6-13-7-5-8/h4-7,9,14H,3H2,1-2H3. The molecule has 2 nitrogen and oxygen atoms in total. The smallest absolute Gasteiger partial charge is 0.260 e. The maximum atomic E-state index is 12.9. The lowest BCUT2D eigenvalue weighted by molar-refractivity contribution is 0.0394. The number of hydrogen-bond donors (Lipinski definition) is 1. The second-order valence-corrected chi connectivity index (χ2v) is 3.27. The first-order valence-electron chi connectivity index (χ1n) is 4.55. The molecule has 1 rings (SSSR count). The SMILES string of the molecule is CCNC(C)(c1ccncc1)C(F)F. The average Bonchev–Trinajstić information content (AvgIpc) is 2.19. The lowest BCUT2D eigenvalue weighted by atomic mass is 9.93. The summed E-state index contributed by atoms with van der Waals surface area (Å²) in [6, 6.07) is 3.21. The quantitative estimate of drug-likeness (QED) is 0.805. The van der Waals surface area contributed by atoms with Gasteiger partial charge in [-0.05, 0) is 31.2 Å². The molecule has 1 unspecified atom stereocenters. The second-order valence-electron chi connectivity index (χ2n) is 3.27. The topological polar surface area (TPSA) is 24.9 Å². The van der Waals surface area contributed by atoms with E-state index in [2.05, 4.69) is 10.3 Å². The Labute approximate surface area is 82.4 Å². The Morgan fingerprint density at radius 1 is 1.43 bits per heavy atom. The van der Waals surface area contributed by atoms with Crippen LogP contribution in [0.5, 0.6) is 0 Å². The van der Waals surface area contributed by atoms with Crippen molar-refractivity contribution in [1.82, 2.24) is 10.3 Å². The summed E-state index contributed by atoms with van der Waals surface area (Å²) in [6.07, 6.45) is 0.602. The molecule has 0 saturated heterocycles. The molecule has 0 amide bonds. The molecule has 1 aromatic rings. The summed E-state index contributed by atoms with van der Waals surface area (Å²) < 4.78 is 25.7. The lowest BCUT2D eigenvalue weighted by Gasteiger charge is -2.30. The Balaban J connectivity index is 2.99. The van der Waals surface area contributed by atoms with E-state index >= 15 is 0 Å². The summed E-state index contributed by atoms with van der Waals surface area (Å²) in [5.74, 6) is 0. The molecule has 1 N–H and O–H groups in total. The van der Waals surface area contributed by atoms with Gasteiger partial charge in [-0.1, -0.05) is 6.92 Å². The molecule has 0 aliphatic rings. The summed E-state index contributed by atoms with van der Waals surface area (Å²) in [4.78, 5) is 3.81. The van der Waals surface area contributed by atoms with Crippen LogP contribution in [-0.2, 0) is 5.54 Å². The second kappa shape index (κ2) is 4.46. The van der Waals surface area contributed by atoms with Gasteiger partial charge in [-0.2, -0.15) is 0 Å². The van der Waals surface area contributed by atoms with Gasteiger partial charge >= 0.3 is 0 Å². The van der Waals surface area contributed by atoms with Gasteiger partial charge in [0.1, 0.15) is 5.54 Å². The highest BCUT2D eigenvalue weighted by molar-refractivity contribution is 5.21. The van der Waals surface area contributed by atoms with E-state index in [4.69, 9.17) is 0 Å². The third-order valence-corrected chi connectivity index (χ3v) is 2.26. The Hall–Kier alpha value is -1.03. The molecule has 78 valence electrons. The highest BCUT2D eigenvalue weighted by atomic mass is 19.3. The molecule has 0 saturated carbocycles. The fourth-order valence-corrected chi connectivity index (χ4v) is 1.37. The molecule has 4 heteroatoms. The first-order chi connectivity index (χ1) is 6.61. The van der Waals surface area contributed by atoms with Crippen LogP contribution >= 0.6 is 0 Å². The van der Waals surface area contributed by atoms with Crippen LogP contribution in [0.2, 0.25) is 0 Å². The van der Waals surface area contributed by atoms with Gasteiger partial charge in [0.25, 0.3) is 6.43 Å². The minimum absolute atomic E-state index is 0.503. The van der Waals surface area contributed by atoms with Gasteiger partial charge < -0.3 is 5.32 Å². The van der Waals surface area contributed by atoms with Crippen LogP contribution < -0.4 is 5.32 Å². The number of aromatic nitrogens is 1. The summed E-state index contributed by atoms with van der Waals surface area (Å²) >= 11 is 0. The molecule has 0 aliphatic carbocycles. The molecule has 0 radical (unpaired) electrons. The summed E-state index contributed by atoms with van der Waals surface area (Å²) in [6.45, 7) is 3.81. The summed E-state index contributed by atoms with van der Waals surface area (Å²) in [5, 5.41) is 2.80. The average molecular weight is 200 g/mol. The van der Waals surface area contributed by atoms with Crippen molar-refractivity contribution in [3.63, 3.8) is 0 Å². The zero-order chi connectivity index (χ0) is 10.6. The van der Waals surface area contributed by atoms with Crippen LogP contribution in [0.15, 0.2) is 24.5 Å². The third kappa shape index (κ3) is 2.07. The number of rotatable bonds is 4. The normalized spacial score (nSPS) is 15.5. The number of nitrogens with zero attached hydrogens (tertiary/aromatic N) is 1. The number of alkyl halides is 2. The largest absolute Gasteiger partial charge is 0.303 e. The first-order valence-corrected chi connectivity index (χ1v) is 4.55. The van der Waals surface area contributed by atoms with Crippen molar-refractivity contribution < 1.29 is 8.78 Å². The molecule has 1 atom stereocenters. The van der Waals surface area contributed by atoms with Crippen molar-refractivity contribution in [2.24, 2.45) is 0 Å². The van der Waals surface area contributed by atoms with Gasteiger partial charge in [0.2, 0.25) is 0 Å². The van der Waals surface area contributed by atoms with Crippen LogP contribution in [0.1, 0.15) is 19.4 Å². The molecular formula is C10H14F2N2. The van der Waals surface area contributed by atoms with Crippen LogP contribution in [0.3, 0.4) is 0 Å². The Morgan fingerprint density at radius 2 is 2.00 bits per heavy atom. The molecule has 0 spiro atoms. The third-order valence-electron chi connectivity index (χ3n) is 2.26. The summed E-state index contributed by atoms with van der Waals surface area (Å²) in [7, 11) is 0. The van der Waals surface area contributed by atoms with E-state index in [9.17, 15) is 8.78 Å². The van der Waals surface area contributed by atoms with E-state index < -0.39 is 12.0 Å². The van der Waals surface area contributed by atoms with E-state index in [1.165, 1.54) is 19.3 Å². The monoisotopic (exact) mass is 200 g/mol. The number of halogens is 2. The van der Waals surface area contributed by atoms with Crippen molar-refractivity contribution in [2.75, 3.05) is 6.54 Å². The maximum Gasteiger partial charge on any atom is 0.260 e. The van der Waals surface area contributed by atoms with E-state index in [0.717, 1.165) is 0 Å². The highest BCUT2D eigenvalue weighted by Gasteiger charge is 2.35. The van der Waals surface area contributed by atoms with E-state index in [0.29, 0.717) is 12.1 Å². The molecule has 0 aromatic carbocycles. The zero-order valence-corrected chi connectivity index (χ0v) is 8.30. The molecule has 1 aromatic heterocycles. The molecule has 0 aliphatic heterocycles. The number of pyridine rings is 1. The predicted molar refractivity (Wildman–Crippen MR) is 51.3 cm³/mol. The zero-order valence-electron chi connectivity index (χ0n) is 8.30. The van der Waals surface area contributed by atoms with Gasteiger partial charge in [-0.15, -0.1) is 0 Å². The molecular weight excluding hydrogens is 186 g/mol. The van der Waals surface area contributed by atoms with Crippen molar-refractivity contribution in [3.8, 4) is 0 Å². The Kier molecular flexibility index (Phi) is 3.52. The van der Waals surface area contributed by atoms with Gasteiger partial charge in [0.05, 0.1) is 0 Å². The van der Waals surface area contributed by atoms with Gasteiger partial charge in [0, 0.05) is 12.4 Å². The fourth-order valence-electron chi connectivity index (χ4n) is 1.37. The summed E-state index contributed by atoms with van der Waals surface area (Å²) in [5.41, 5.74) is -0.720. The van der Waals surface area contributed by atoms with Crippen LogP contribution in [0.4, 0.5) is 8.78 Å². The number of hydrogen-bond acceptors (Lipinski definition) is 2. The Bertz CT molecular complexity index is 277. The lowest BCUT2D eigenvalue weighted by Crippen LogP contribution is -2.45. The van der Waals surface area contributed by atoms with Crippen molar-refractivity contribution in [2.45, 2.75) is 25.8 Å². The van der Waals surface area contributed by atoms with Crippen LogP contribution in [0, 0.1) is 0 Å². The van der Waals surface area contributed by atoms with Gasteiger partial charge in [0.15, 0.2) is 0 Å². The van der Waals surface area contributed by atoms with Crippen LogP contribution in [0.25, 0.3) is 0 Å². The predicted octanol–water partition coefficient (Wildman–Crippen LogP) is 2.17. The van der Waals surface area contributed by atoms with E-state index in [1.807, 2.05) is 6.92 Å².